The molecule has 0 atom stereocenters. The maximum absolute atomic E-state index is 12.3. The molecular weight excluding hydrogens is 267 g/mol. The van der Waals surface area contributed by atoms with Crippen LogP contribution in [0.5, 0.6) is 0 Å². The number of carbonyl (C=O) groups is 1. The van der Waals surface area contributed by atoms with Crippen LogP contribution in [0.25, 0.3) is 0 Å². The van der Waals surface area contributed by atoms with Gasteiger partial charge in [0, 0.05) is 5.56 Å². The highest BCUT2D eigenvalue weighted by Crippen LogP contribution is 2.29. The topological polar surface area (TPSA) is 30.0 Å². The second-order valence-electron chi connectivity index (χ2n) is 2.16. The number of rotatable bonds is 2. The van der Waals surface area contributed by atoms with Crippen molar-refractivity contribution >= 4 is 33.8 Å². The zero-order chi connectivity index (χ0) is 10.0. The quantitative estimate of drug-likeness (QED) is 0.610. The highest BCUT2D eigenvalue weighted by atomic mass is 79.9. The van der Waals surface area contributed by atoms with Crippen LogP contribution in [0, 0.1) is 0 Å². The summed E-state index contributed by atoms with van der Waals surface area (Å²) < 4.78 is 24.9. The molecular formula is C7H3BrClF2NO. The van der Waals surface area contributed by atoms with Crippen LogP contribution in [-0.4, -0.2) is 11.3 Å². The predicted molar refractivity (Wildman–Crippen MR) is 47.3 cm³/mol. The number of hydrogen-bond donors (Lipinski definition) is 0. The van der Waals surface area contributed by atoms with E-state index in [4.69, 9.17) is 11.6 Å². The van der Waals surface area contributed by atoms with Gasteiger partial charge in [-0.3, -0.25) is 4.79 Å². The molecule has 70 valence electrons. The number of hydrogen-bond acceptors (Lipinski definition) is 2. The van der Waals surface area contributed by atoms with Gasteiger partial charge < -0.3 is 0 Å². The molecule has 6 heteroatoms. The van der Waals surface area contributed by atoms with Gasteiger partial charge in [0.2, 0.25) is 0 Å². The van der Waals surface area contributed by atoms with Gasteiger partial charge in [0.15, 0.2) is 6.29 Å². The number of aldehydes is 1. The van der Waals surface area contributed by atoms with Gasteiger partial charge in [-0.2, -0.15) is 0 Å². The molecule has 13 heavy (non-hydrogen) atoms. The molecule has 0 fully saturated rings. The lowest BCUT2D eigenvalue weighted by Crippen LogP contribution is -1.97. The minimum atomic E-state index is -2.80. The first-order valence-corrected chi connectivity index (χ1v) is 4.32. The van der Waals surface area contributed by atoms with Crippen molar-refractivity contribution in [2.24, 2.45) is 0 Å². The zero-order valence-electron chi connectivity index (χ0n) is 6.10. The van der Waals surface area contributed by atoms with Crippen LogP contribution < -0.4 is 0 Å². The third kappa shape index (κ3) is 2.22. The Morgan fingerprint density at radius 3 is 2.69 bits per heavy atom. The molecule has 0 N–H and O–H groups in total. The summed E-state index contributed by atoms with van der Waals surface area (Å²) in [7, 11) is 0. The summed E-state index contributed by atoms with van der Waals surface area (Å²) in [4.78, 5) is 13.9. The maximum atomic E-state index is 12.3. The van der Waals surface area contributed by atoms with Crippen molar-refractivity contribution in [3.8, 4) is 0 Å². The summed E-state index contributed by atoms with van der Waals surface area (Å²) in [5.74, 6) is 0. The first kappa shape index (κ1) is 10.5. The number of aromatic nitrogens is 1. The Morgan fingerprint density at radius 1 is 1.62 bits per heavy atom. The van der Waals surface area contributed by atoms with E-state index in [1.165, 1.54) is 6.07 Å². The van der Waals surface area contributed by atoms with Gasteiger partial charge in [0.1, 0.15) is 9.76 Å². The highest BCUT2D eigenvalue weighted by molar-refractivity contribution is 9.10. The van der Waals surface area contributed by atoms with E-state index in [0.29, 0.717) is 6.29 Å². The minimum Gasteiger partial charge on any atom is -0.298 e. The van der Waals surface area contributed by atoms with Crippen molar-refractivity contribution in [2.75, 3.05) is 0 Å². The summed E-state index contributed by atoms with van der Waals surface area (Å²) in [6, 6.07) is 1.19. The molecule has 2 nitrogen and oxygen atoms in total. The molecule has 1 heterocycles. The normalized spacial score (nSPS) is 10.5. The number of pyridine rings is 1. The Kier molecular flexibility index (Phi) is 3.33. The standard InChI is InChI=1S/C7H3BrClF2NO/c8-4-1-3(2-13)5(7(10)11)6(9)12-4/h1-2,7H. The molecule has 0 bridgehead atoms. The van der Waals surface area contributed by atoms with E-state index in [1.807, 2.05) is 0 Å². The molecule has 1 rings (SSSR count). The molecule has 0 spiro atoms. The molecule has 1 aromatic rings. The van der Waals surface area contributed by atoms with E-state index < -0.39 is 12.0 Å². The first-order valence-electron chi connectivity index (χ1n) is 3.15. The van der Waals surface area contributed by atoms with Gasteiger partial charge in [-0.25, -0.2) is 13.8 Å². The van der Waals surface area contributed by atoms with Gasteiger partial charge in [0.25, 0.3) is 6.43 Å². The summed E-state index contributed by atoms with van der Waals surface area (Å²) in [5.41, 5.74) is -0.679. The Labute approximate surface area is 86.0 Å². The Hall–Kier alpha value is -0.550. The third-order valence-electron chi connectivity index (χ3n) is 1.36. The van der Waals surface area contributed by atoms with Crippen molar-refractivity contribution in [1.82, 2.24) is 4.98 Å². The fraction of sp³-hybridized carbons (Fsp3) is 0.143. The van der Waals surface area contributed by atoms with Crippen LogP contribution in [0.4, 0.5) is 8.78 Å². The van der Waals surface area contributed by atoms with Crippen molar-refractivity contribution in [3.63, 3.8) is 0 Å². The second-order valence-corrected chi connectivity index (χ2v) is 3.33. The van der Waals surface area contributed by atoms with E-state index in [1.54, 1.807) is 0 Å². The Morgan fingerprint density at radius 2 is 2.23 bits per heavy atom. The van der Waals surface area contributed by atoms with Crippen LogP contribution in [0.1, 0.15) is 22.3 Å². The van der Waals surface area contributed by atoms with Gasteiger partial charge in [-0.15, -0.1) is 0 Å². The highest BCUT2D eigenvalue weighted by Gasteiger charge is 2.18. The van der Waals surface area contributed by atoms with E-state index >= 15 is 0 Å². The van der Waals surface area contributed by atoms with Gasteiger partial charge in [0.05, 0.1) is 5.56 Å². The molecule has 0 aromatic carbocycles. The molecule has 0 saturated heterocycles. The van der Waals surface area contributed by atoms with Crippen molar-refractivity contribution in [2.45, 2.75) is 6.43 Å². The summed E-state index contributed by atoms with van der Waals surface area (Å²) in [6.45, 7) is 0. The lowest BCUT2D eigenvalue weighted by molar-refractivity contribution is 0.110. The van der Waals surface area contributed by atoms with Crippen molar-refractivity contribution < 1.29 is 13.6 Å². The van der Waals surface area contributed by atoms with E-state index in [-0.39, 0.29) is 15.3 Å². The van der Waals surface area contributed by atoms with E-state index in [9.17, 15) is 13.6 Å². The Balaban J connectivity index is 3.38. The zero-order valence-corrected chi connectivity index (χ0v) is 8.44. The number of alkyl halides is 2. The number of halogens is 4. The number of nitrogens with zero attached hydrogens (tertiary/aromatic N) is 1. The average molecular weight is 270 g/mol. The Bertz CT molecular complexity index is 346. The number of carbonyl (C=O) groups excluding carboxylic acids is 1. The average Bonchev–Trinajstić information content (AvgIpc) is 2.01. The van der Waals surface area contributed by atoms with E-state index in [2.05, 4.69) is 20.9 Å². The van der Waals surface area contributed by atoms with Crippen LogP contribution in [0.3, 0.4) is 0 Å². The monoisotopic (exact) mass is 269 g/mol. The smallest absolute Gasteiger partial charge is 0.267 e. The fourth-order valence-corrected chi connectivity index (χ4v) is 1.63. The van der Waals surface area contributed by atoms with Crippen molar-refractivity contribution in [3.05, 3.63) is 26.9 Å². The first-order chi connectivity index (χ1) is 6.06. The SMILES string of the molecule is O=Cc1cc(Br)nc(Cl)c1C(F)F. The molecule has 0 radical (unpaired) electrons. The van der Waals surface area contributed by atoms with Crippen LogP contribution in [-0.2, 0) is 0 Å². The molecule has 0 aliphatic carbocycles. The summed E-state index contributed by atoms with van der Waals surface area (Å²) in [6.07, 6.45) is -2.48. The van der Waals surface area contributed by atoms with Crippen LogP contribution >= 0.6 is 27.5 Å². The van der Waals surface area contributed by atoms with E-state index in [0.717, 1.165) is 0 Å². The largest absolute Gasteiger partial charge is 0.298 e. The predicted octanol–water partition coefficient (Wildman–Crippen LogP) is 3.25. The summed E-state index contributed by atoms with van der Waals surface area (Å²) >= 11 is 8.37. The minimum absolute atomic E-state index is 0.151. The molecule has 0 aliphatic heterocycles. The second kappa shape index (κ2) is 4.11. The molecule has 0 amide bonds. The molecule has 0 saturated carbocycles. The fourth-order valence-electron chi connectivity index (χ4n) is 0.825. The lowest BCUT2D eigenvalue weighted by atomic mass is 10.2. The molecule has 0 unspecified atom stereocenters. The molecule has 0 aliphatic rings. The van der Waals surface area contributed by atoms with Crippen LogP contribution in [0.15, 0.2) is 10.7 Å². The van der Waals surface area contributed by atoms with Gasteiger partial charge in [-0.05, 0) is 22.0 Å². The van der Waals surface area contributed by atoms with Crippen molar-refractivity contribution in [1.29, 1.82) is 0 Å². The molecule has 1 aromatic heterocycles. The van der Waals surface area contributed by atoms with Crippen LogP contribution in [0.2, 0.25) is 5.15 Å². The van der Waals surface area contributed by atoms with Gasteiger partial charge in [-0.1, -0.05) is 11.6 Å². The summed E-state index contributed by atoms with van der Waals surface area (Å²) in [5, 5.41) is -0.355. The third-order valence-corrected chi connectivity index (χ3v) is 2.05. The van der Waals surface area contributed by atoms with Gasteiger partial charge >= 0.3 is 0 Å². The maximum Gasteiger partial charge on any atom is 0.267 e. The lowest BCUT2D eigenvalue weighted by Gasteiger charge is -2.05.